The second-order valence-electron chi connectivity index (χ2n) is 7.83. The van der Waals surface area contributed by atoms with Gasteiger partial charge in [0, 0.05) is 5.56 Å². The third kappa shape index (κ3) is 4.10. The van der Waals surface area contributed by atoms with Crippen LogP contribution in [0.5, 0.6) is 0 Å². The minimum atomic E-state index is 0.893. The summed E-state index contributed by atoms with van der Waals surface area (Å²) in [5, 5.41) is 0. The van der Waals surface area contributed by atoms with Gasteiger partial charge in [-0.1, -0.05) is 103 Å². The van der Waals surface area contributed by atoms with Gasteiger partial charge in [-0.05, 0) is 74.8 Å². The molecule has 0 spiro atoms. The van der Waals surface area contributed by atoms with E-state index in [0.29, 0.717) is 0 Å². The molecule has 0 saturated carbocycles. The van der Waals surface area contributed by atoms with Gasteiger partial charge in [0.25, 0.3) is 0 Å². The van der Waals surface area contributed by atoms with Gasteiger partial charge in [-0.25, -0.2) is 0 Å². The molecule has 0 saturated heterocycles. The van der Waals surface area contributed by atoms with E-state index in [4.69, 9.17) is 6.42 Å². The molecule has 0 N–H and O–H groups in total. The predicted molar refractivity (Wildman–Crippen MR) is 136 cm³/mol. The molecule has 150 valence electrons. The van der Waals surface area contributed by atoms with Gasteiger partial charge >= 0.3 is 0 Å². The maximum absolute atomic E-state index is 5.54. The van der Waals surface area contributed by atoms with Crippen molar-refractivity contribution in [1.82, 2.24) is 0 Å². The summed E-state index contributed by atoms with van der Waals surface area (Å²) in [5.41, 5.74) is 10.5. The average molecular weight is 407 g/mol. The minimum Gasteiger partial charge on any atom is -0.115 e. The van der Waals surface area contributed by atoms with Gasteiger partial charge in [0.15, 0.2) is 0 Å². The number of rotatable bonds is 4. The standard InChI is InChI=1S/C32H22/c1-2-24-13-15-28(16-14-24)31-21-30(26-11-7-4-8-12-26)22-32(23-31)29-19-17-27(18-20-29)25-9-5-3-6-10-25/h1,3-23H. The monoisotopic (exact) mass is 406 g/mol. The van der Waals surface area contributed by atoms with Crippen molar-refractivity contribution in [1.29, 1.82) is 0 Å². The lowest BCUT2D eigenvalue weighted by Gasteiger charge is -2.12. The Balaban J connectivity index is 1.60. The van der Waals surface area contributed by atoms with Crippen molar-refractivity contribution in [2.75, 3.05) is 0 Å². The van der Waals surface area contributed by atoms with E-state index in [1.165, 1.54) is 38.9 Å². The van der Waals surface area contributed by atoms with Crippen LogP contribution < -0.4 is 0 Å². The molecule has 0 bridgehead atoms. The smallest absolute Gasteiger partial charge is 0.0243 e. The fourth-order valence-corrected chi connectivity index (χ4v) is 4.00. The molecule has 0 heteroatoms. The van der Waals surface area contributed by atoms with E-state index >= 15 is 0 Å². The molecule has 0 radical (unpaired) electrons. The Morgan fingerprint density at radius 3 is 1.06 bits per heavy atom. The van der Waals surface area contributed by atoms with E-state index in [1.54, 1.807) is 0 Å². The summed E-state index contributed by atoms with van der Waals surface area (Å²) in [6, 6.07) is 44.8. The largest absolute Gasteiger partial charge is 0.115 e. The first-order chi connectivity index (χ1) is 15.8. The van der Waals surface area contributed by atoms with E-state index in [1.807, 2.05) is 18.2 Å². The Morgan fingerprint density at radius 1 is 0.344 bits per heavy atom. The molecular weight excluding hydrogens is 384 g/mol. The fourth-order valence-electron chi connectivity index (χ4n) is 4.00. The van der Waals surface area contributed by atoms with Gasteiger partial charge in [0.1, 0.15) is 0 Å². The number of hydrogen-bond acceptors (Lipinski definition) is 0. The van der Waals surface area contributed by atoms with Crippen LogP contribution in [-0.4, -0.2) is 0 Å². The molecule has 0 unspecified atom stereocenters. The van der Waals surface area contributed by atoms with Crippen LogP contribution in [0.4, 0.5) is 0 Å². The Morgan fingerprint density at radius 2 is 0.656 bits per heavy atom. The summed E-state index contributed by atoms with van der Waals surface area (Å²) in [5.74, 6) is 2.70. The molecule has 0 aliphatic rings. The average Bonchev–Trinajstić information content (AvgIpc) is 2.89. The van der Waals surface area contributed by atoms with Gasteiger partial charge in [0.2, 0.25) is 0 Å². The molecule has 5 aromatic carbocycles. The normalized spacial score (nSPS) is 10.5. The lowest BCUT2D eigenvalue weighted by atomic mass is 9.92. The topological polar surface area (TPSA) is 0 Å². The zero-order chi connectivity index (χ0) is 21.8. The molecule has 0 amide bonds. The quantitative estimate of drug-likeness (QED) is 0.263. The highest BCUT2D eigenvalue weighted by molar-refractivity contribution is 5.82. The highest BCUT2D eigenvalue weighted by Gasteiger charge is 2.08. The van der Waals surface area contributed by atoms with Crippen LogP contribution in [0.2, 0.25) is 0 Å². The van der Waals surface area contributed by atoms with E-state index in [9.17, 15) is 0 Å². The van der Waals surface area contributed by atoms with Crippen molar-refractivity contribution < 1.29 is 0 Å². The van der Waals surface area contributed by atoms with Gasteiger partial charge < -0.3 is 0 Å². The van der Waals surface area contributed by atoms with E-state index < -0.39 is 0 Å². The van der Waals surface area contributed by atoms with Crippen LogP contribution in [-0.2, 0) is 0 Å². The third-order valence-electron chi connectivity index (χ3n) is 5.75. The zero-order valence-electron chi connectivity index (χ0n) is 17.7. The zero-order valence-corrected chi connectivity index (χ0v) is 17.7. The molecule has 0 heterocycles. The summed E-state index contributed by atoms with van der Waals surface area (Å²) >= 11 is 0. The van der Waals surface area contributed by atoms with Crippen LogP contribution >= 0.6 is 0 Å². The van der Waals surface area contributed by atoms with Crippen molar-refractivity contribution in [3.8, 4) is 56.9 Å². The molecule has 0 aliphatic heterocycles. The van der Waals surface area contributed by atoms with Crippen molar-refractivity contribution in [2.45, 2.75) is 0 Å². The lowest BCUT2D eigenvalue weighted by molar-refractivity contribution is 1.55. The second kappa shape index (κ2) is 8.80. The van der Waals surface area contributed by atoms with Crippen LogP contribution in [0.25, 0.3) is 44.5 Å². The molecule has 0 aliphatic carbocycles. The first-order valence-electron chi connectivity index (χ1n) is 10.7. The summed E-state index contributed by atoms with van der Waals surface area (Å²) in [7, 11) is 0. The van der Waals surface area contributed by atoms with E-state index in [-0.39, 0.29) is 0 Å². The maximum atomic E-state index is 5.54. The van der Waals surface area contributed by atoms with Crippen molar-refractivity contribution in [3.05, 3.63) is 133 Å². The van der Waals surface area contributed by atoms with Crippen LogP contribution in [0, 0.1) is 12.3 Å². The highest BCUT2D eigenvalue weighted by atomic mass is 14.1. The first-order valence-corrected chi connectivity index (χ1v) is 10.7. The molecule has 0 aromatic heterocycles. The highest BCUT2D eigenvalue weighted by Crippen LogP contribution is 2.34. The number of benzene rings is 5. The minimum absolute atomic E-state index is 0.893. The molecule has 32 heavy (non-hydrogen) atoms. The van der Waals surface area contributed by atoms with Crippen LogP contribution in [0.1, 0.15) is 5.56 Å². The number of terminal acetylenes is 1. The SMILES string of the molecule is C#Cc1ccc(-c2cc(-c3ccccc3)cc(-c3ccc(-c4ccccc4)cc3)c2)cc1. The van der Waals surface area contributed by atoms with Crippen molar-refractivity contribution in [2.24, 2.45) is 0 Å². The van der Waals surface area contributed by atoms with Crippen molar-refractivity contribution >= 4 is 0 Å². The molecular formula is C32H22. The Labute approximate surface area is 189 Å². The van der Waals surface area contributed by atoms with Gasteiger partial charge in [-0.15, -0.1) is 6.42 Å². The predicted octanol–water partition coefficient (Wildman–Crippen LogP) is 8.34. The van der Waals surface area contributed by atoms with E-state index in [2.05, 4.69) is 115 Å². The van der Waals surface area contributed by atoms with E-state index in [0.717, 1.165) is 11.1 Å². The Hall–Kier alpha value is -4.34. The van der Waals surface area contributed by atoms with Gasteiger partial charge in [0.05, 0.1) is 0 Å². The Kier molecular flexibility index (Phi) is 5.39. The summed E-state index contributed by atoms with van der Waals surface area (Å²) in [4.78, 5) is 0. The molecule has 0 nitrogen and oxygen atoms in total. The summed E-state index contributed by atoms with van der Waals surface area (Å²) < 4.78 is 0. The molecule has 0 fully saturated rings. The second-order valence-corrected chi connectivity index (χ2v) is 7.83. The molecule has 5 rings (SSSR count). The van der Waals surface area contributed by atoms with Gasteiger partial charge in [-0.3, -0.25) is 0 Å². The molecule has 0 atom stereocenters. The van der Waals surface area contributed by atoms with Crippen LogP contribution in [0.3, 0.4) is 0 Å². The summed E-state index contributed by atoms with van der Waals surface area (Å²) in [6.45, 7) is 0. The fraction of sp³-hybridized carbons (Fsp3) is 0. The lowest BCUT2D eigenvalue weighted by Crippen LogP contribution is -1.87. The Bertz CT molecular complexity index is 1370. The summed E-state index contributed by atoms with van der Waals surface area (Å²) in [6.07, 6.45) is 5.54. The maximum Gasteiger partial charge on any atom is 0.0243 e. The molecule has 5 aromatic rings. The number of hydrogen-bond donors (Lipinski definition) is 0. The first kappa shape index (κ1) is 19.6. The van der Waals surface area contributed by atoms with Crippen molar-refractivity contribution in [3.63, 3.8) is 0 Å². The third-order valence-corrected chi connectivity index (χ3v) is 5.75. The van der Waals surface area contributed by atoms with Gasteiger partial charge in [-0.2, -0.15) is 0 Å². The van der Waals surface area contributed by atoms with Crippen LogP contribution in [0.15, 0.2) is 127 Å².